The number of carboxylic acid groups (broad SMARTS) is 1. The van der Waals surface area contributed by atoms with E-state index < -0.39 is 11.4 Å². The van der Waals surface area contributed by atoms with Crippen LogP contribution in [0.1, 0.15) is 18.1 Å². The van der Waals surface area contributed by atoms with Crippen LogP contribution in [-0.2, 0) is 10.2 Å². The van der Waals surface area contributed by atoms with Gasteiger partial charge in [0.15, 0.2) is 5.41 Å². The Bertz CT molecular complexity index is 406. The minimum absolute atomic E-state index is 0.521. The number of nitrogens with zero attached hydrogens (tertiary/aromatic N) is 1. The smallest absolute Gasteiger partial charge is 0.328 e. The molecule has 0 spiro atoms. The molecule has 0 radical (unpaired) electrons. The van der Waals surface area contributed by atoms with Crippen molar-refractivity contribution in [2.24, 2.45) is 0 Å². The van der Waals surface area contributed by atoms with Crippen LogP contribution in [0.15, 0.2) is 24.3 Å². The topological polar surface area (TPSA) is 61.1 Å². The van der Waals surface area contributed by atoms with Crippen LogP contribution in [0.3, 0.4) is 0 Å². The lowest BCUT2D eigenvalue weighted by Gasteiger charge is -2.16. The maximum absolute atomic E-state index is 10.9. The standard InChI is InChI=1S/C11H11NO2/c1-8-4-3-5-9(6-8)11(2,7-12)10(13)14/h3-6H,1-2H3,(H,13,14). The lowest BCUT2D eigenvalue weighted by atomic mass is 9.83. The summed E-state index contributed by atoms with van der Waals surface area (Å²) in [5.41, 5.74) is 0.0178. The minimum atomic E-state index is -1.45. The highest BCUT2D eigenvalue weighted by atomic mass is 16.4. The molecule has 1 unspecified atom stereocenters. The van der Waals surface area contributed by atoms with E-state index in [1.165, 1.54) is 6.92 Å². The van der Waals surface area contributed by atoms with Gasteiger partial charge in [0.1, 0.15) is 0 Å². The number of carbonyl (C=O) groups is 1. The van der Waals surface area contributed by atoms with E-state index in [0.29, 0.717) is 5.56 Å². The lowest BCUT2D eigenvalue weighted by molar-refractivity contribution is -0.141. The first kappa shape index (κ1) is 10.3. The fourth-order valence-electron chi connectivity index (χ4n) is 1.19. The van der Waals surface area contributed by atoms with E-state index in [0.717, 1.165) is 5.56 Å². The highest BCUT2D eigenvalue weighted by Gasteiger charge is 2.35. The van der Waals surface area contributed by atoms with Gasteiger partial charge in [-0.05, 0) is 19.4 Å². The van der Waals surface area contributed by atoms with Crippen LogP contribution in [0, 0.1) is 18.3 Å². The van der Waals surface area contributed by atoms with E-state index in [1.807, 2.05) is 19.1 Å². The molecule has 0 fully saturated rings. The minimum Gasteiger partial charge on any atom is -0.480 e. The Morgan fingerprint density at radius 3 is 2.64 bits per heavy atom. The van der Waals surface area contributed by atoms with Crippen LogP contribution in [-0.4, -0.2) is 11.1 Å². The van der Waals surface area contributed by atoms with Gasteiger partial charge in [-0.15, -0.1) is 0 Å². The summed E-state index contributed by atoms with van der Waals surface area (Å²) in [7, 11) is 0. The summed E-state index contributed by atoms with van der Waals surface area (Å²) < 4.78 is 0. The predicted molar refractivity (Wildman–Crippen MR) is 51.8 cm³/mol. The van der Waals surface area contributed by atoms with Crippen molar-refractivity contribution in [3.05, 3.63) is 35.4 Å². The average molecular weight is 189 g/mol. The molecular weight excluding hydrogens is 178 g/mol. The van der Waals surface area contributed by atoms with Gasteiger partial charge in [-0.1, -0.05) is 29.8 Å². The van der Waals surface area contributed by atoms with E-state index in [-0.39, 0.29) is 0 Å². The number of carboxylic acids is 1. The Kier molecular flexibility index (Phi) is 2.57. The Hall–Kier alpha value is -1.82. The normalized spacial score (nSPS) is 14.1. The van der Waals surface area contributed by atoms with Crippen molar-refractivity contribution < 1.29 is 9.90 Å². The number of benzene rings is 1. The number of aryl methyl sites for hydroxylation is 1. The Labute approximate surface area is 82.6 Å². The molecule has 0 saturated heterocycles. The summed E-state index contributed by atoms with van der Waals surface area (Å²) in [6.45, 7) is 3.27. The Morgan fingerprint density at radius 1 is 1.57 bits per heavy atom. The van der Waals surface area contributed by atoms with E-state index >= 15 is 0 Å². The molecule has 0 amide bonds. The molecule has 0 aromatic heterocycles. The third-order valence-electron chi connectivity index (χ3n) is 2.25. The summed E-state index contributed by atoms with van der Waals surface area (Å²) in [6, 6.07) is 8.82. The third kappa shape index (κ3) is 1.60. The van der Waals surface area contributed by atoms with E-state index in [1.54, 1.807) is 18.2 Å². The van der Waals surface area contributed by atoms with Crippen LogP contribution in [0.25, 0.3) is 0 Å². The van der Waals surface area contributed by atoms with E-state index in [4.69, 9.17) is 10.4 Å². The Balaban J connectivity index is 3.28. The van der Waals surface area contributed by atoms with Gasteiger partial charge in [-0.2, -0.15) is 5.26 Å². The van der Waals surface area contributed by atoms with Crippen molar-refractivity contribution in [3.63, 3.8) is 0 Å². The number of hydrogen-bond acceptors (Lipinski definition) is 2. The third-order valence-corrected chi connectivity index (χ3v) is 2.25. The van der Waals surface area contributed by atoms with Crippen molar-refractivity contribution >= 4 is 5.97 Å². The van der Waals surface area contributed by atoms with Gasteiger partial charge in [-0.25, -0.2) is 0 Å². The van der Waals surface area contributed by atoms with Crippen molar-refractivity contribution in [2.75, 3.05) is 0 Å². The van der Waals surface area contributed by atoms with Crippen LogP contribution >= 0.6 is 0 Å². The van der Waals surface area contributed by atoms with E-state index in [9.17, 15) is 4.79 Å². The molecule has 72 valence electrons. The maximum atomic E-state index is 10.9. The SMILES string of the molecule is Cc1cccc(C(C)(C#N)C(=O)O)c1. The van der Waals surface area contributed by atoms with Crippen molar-refractivity contribution in [3.8, 4) is 6.07 Å². The molecule has 1 rings (SSSR count). The first-order chi connectivity index (χ1) is 6.50. The molecule has 14 heavy (non-hydrogen) atoms. The van der Waals surface area contributed by atoms with Crippen molar-refractivity contribution in [1.82, 2.24) is 0 Å². The fraction of sp³-hybridized carbons (Fsp3) is 0.273. The fourth-order valence-corrected chi connectivity index (χ4v) is 1.19. The summed E-state index contributed by atoms with van der Waals surface area (Å²) in [6.07, 6.45) is 0. The predicted octanol–water partition coefficient (Wildman–Crippen LogP) is 1.86. The van der Waals surface area contributed by atoms with Crippen LogP contribution in [0.2, 0.25) is 0 Å². The van der Waals surface area contributed by atoms with Gasteiger partial charge < -0.3 is 5.11 Å². The van der Waals surface area contributed by atoms with Gasteiger partial charge >= 0.3 is 5.97 Å². The molecule has 1 N–H and O–H groups in total. The van der Waals surface area contributed by atoms with Gasteiger partial charge in [0, 0.05) is 0 Å². The molecule has 0 saturated carbocycles. The largest absolute Gasteiger partial charge is 0.480 e. The van der Waals surface area contributed by atoms with Gasteiger partial charge in [0.25, 0.3) is 0 Å². The van der Waals surface area contributed by atoms with Crippen LogP contribution < -0.4 is 0 Å². The molecule has 1 aromatic carbocycles. The van der Waals surface area contributed by atoms with Gasteiger partial charge in [0.05, 0.1) is 6.07 Å². The number of hydrogen-bond donors (Lipinski definition) is 1. The van der Waals surface area contributed by atoms with Gasteiger partial charge in [-0.3, -0.25) is 4.79 Å². The monoisotopic (exact) mass is 189 g/mol. The second-order valence-corrected chi connectivity index (χ2v) is 3.41. The highest BCUT2D eigenvalue weighted by molar-refractivity contribution is 5.84. The van der Waals surface area contributed by atoms with Gasteiger partial charge in [0.2, 0.25) is 0 Å². The quantitative estimate of drug-likeness (QED) is 0.772. The number of nitriles is 1. The average Bonchev–Trinajstić information content (AvgIpc) is 2.16. The van der Waals surface area contributed by atoms with Crippen LogP contribution in [0.5, 0.6) is 0 Å². The molecule has 3 nitrogen and oxygen atoms in total. The second kappa shape index (κ2) is 3.51. The van der Waals surface area contributed by atoms with Crippen molar-refractivity contribution in [2.45, 2.75) is 19.3 Å². The molecule has 0 bridgehead atoms. The second-order valence-electron chi connectivity index (χ2n) is 3.41. The summed E-state index contributed by atoms with van der Waals surface area (Å²) in [4.78, 5) is 10.9. The molecule has 0 aliphatic carbocycles. The first-order valence-electron chi connectivity index (χ1n) is 4.22. The lowest BCUT2D eigenvalue weighted by Crippen LogP contribution is -2.30. The Morgan fingerprint density at radius 2 is 2.21 bits per heavy atom. The zero-order valence-electron chi connectivity index (χ0n) is 8.11. The molecule has 1 aromatic rings. The molecule has 1 atom stereocenters. The number of rotatable bonds is 2. The molecular formula is C11H11NO2. The zero-order valence-corrected chi connectivity index (χ0v) is 8.11. The number of aliphatic carboxylic acids is 1. The zero-order chi connectivity index (χ0) is 10.8. The highest BCUT2D eigenvalue weighted by Crippen LogP contribution is 2.23. The molecule has 0 aliphatic heterocycles. The molecule has 3 heteroatoms. The van der Waals surface area contributed by atoms with Crippen molar-refractivity contribution in [1.29, 1.82) is 5.26 Å². The summed E-state index contributed by atoms with van der Waals surface area (Å²) in [5, 5.41) is 17.8. The summed E-state index contributed by atoms with van der Waals surface area (Å²) in [5.74, 6) is -1.12. The first-order valence-corrected chi connectivity index (χ1v) is 4.22. The van der Waals surface area contributed by atoms with E-state index in [2.05, 4.69) is 0 Å². The molecule has 0 aliphatic rings. The maximum Gasteiger partial charge on any atom is 0.328 e. The van der Waals surface area contributed by atoms with Crippen LogP contribution in [0.4, 0.5) is 0 Å². The summed E-state index contributed by atoms with van der Waals surface area (Å²) >= 11 is 0. The molecule has 0 heterocycles.